The van der Waals surface area contributed by atoms with Gasteiger partial charge >= 0.3 is 0 Å². The van der Waals surface area contributed by atoms with Gasteiger partial charge in [-0.1, -0.05) is 30.3 Å². The third kappa shape index (κ3) is 2.52. The fourth-order valence-electron chi connectivity index (χ4n) is 3.97. The third-order valence-electron chi connectivity index (χ3n) is 5.28. The number of aromatic amines is 2. The normalized spacial score (nSPS) is 17.0. The van der Waals surface area contributed by atoms with Crippen LogP contribution in [0.3, 0.4) is 0 Å². The summed E-state index contributed by atoms with van der Waals surface area (Å²) in [5.74, 6) is 0.737. The minimum absolute atomic E-state index is 0.0783. The highest BCUT2D eigenvalue weighted by molar-refractivity contribution is 6.06. The van der Waals surface area contributed by atoms with Crippen LogP contribution in [0, 0.1) is 0 Å². The molecule has 134 valence electrons. The number of imidazole rings is 1. The first-order chi connectivity index (χ1) is 13.2. The molecule has 0 unspecified atom stereocenters. The molecule has 6 nitrogen and oxygen atoms in total. The highest BCUT2D eigenvalue weighted by Gasteiger charge is 2.33. The molecule has 0 saturated carbocycles. The van der Waals surface area contributed by atoms with Gasteiger partial charge in [-0.25, -0.2) is 4.98 Å². The lowest BCUT2D eigenvalue weighted by Crippen LogP contribution is -2.31. The van der Waals surface area contributed by atoms with Crippen LogP contribution in [0.1, 0.15) is 35.1 Å². The number of benzene rings is 2. The molecule has 6 heteroatoms. The average molecular weight is 358 g/mol. The molecule has 1 aliphatic heterocycles. The number of fused-ring (bicyclic) bond motifs is 2. The standard InChI is InChI=1S/C21H18N4O2/c26-20-14-7-2-1-6-13(14)15(12-22-20)21(27)25-11-5-10-18(25)19-23-16-8-3-4-9-17(16)24-19/h1-4,6-9,12,18H,5,10-11H2,(H,22,26)(H,23,24)/t18-/m0/s1. The Hall–Kier alpha value is -3.41. The smallest absolute Gasteiger partial charge is 0.256 e. The van der Waals surface area contributed by atoms with Gasteiger partial charge in [-0.05, 0) is 31.0 Å². The van der Waals surface area contributed by atoms with Gasteiger partial charge in [0.1, 0.15) is 5.82 Å². The van der Waals surface area contributed by atoms with E-state index in [1.807, 2.05) is 41.3 Å². The molecule has 4 aromatic rings. The van der Waals surface area contributed by atoms with E-state index in [4.69, 9.17) is 4.98 Å². The second-order valence-corrected chi connectivity index (χ2v) is 6.87. The molecular weight excluding hydrogens is 340 g/mol. The summed E-state index contributed by atoms with van der Waals surface area (Å²) in [6, 6.07) is 15.0. The van der Waals surface area contributed by atoms with Gasteiger partial charge in [-0.2, -0.15) is 0 Å². The number of H-pyrrole nitrogens is 2. The van der Waals surface area contributed by atoms with E-state index in [9.17, 15) is 9.59 Å². The Balaban J connectivity index is 1.56. The van der Waals surface area contributed by atoms with E-state index in [2.05, 4.69) is 9.97 Å². The zero-order valence-corrected chi connectivity index (χ0v) is 14.6. The molecule has 3 heterocycles. The van der Waals surface area contributed by atoms with Crippen molar-refractivity contribution in [3.8, 4) is 0 Å². The van der Waals surface area contributed by atoms with Crippen LogP contribution in [0.25, 0.3) is 21.8 Å². The number of likely N-dealkylation sites (tertiary alicyclic amines) is 1. The van der Waals surface area contributed by atoms with Crippen LogP contribution in [0.5, 0.6) is 0 Å². The van der Waals surface area contributed by atoms with Crippen molar-refractivity contribution in [1.29, 1.82) is 0 Å². The van der Waals surface area contributed by atoms with Crippen LogP contribution in [-0.2, 0) is 0 Å². The highest BCUT2D eigenvalue weighted by Crippen LogP contribution is 2.33. The Morgan fingerprint density at radius 2 is 1.85 bits per heavy atom. The minimum atomic E-state index is -0.183. The molecule has 1 amide bonds. The van der Waals surface area contributed by atoms with Crippen LogP contribution >= 0.6 is 0 Å². The van der Waals surface area contributed by atoms with E-state index in [-0.39, 0.29) is 17.5 Å². The maximum absolute atomic E-state index is 13.3. The number of carbonyl (C=O) groups is 1. The summed E-state index contributed by atoms with van der Waals surface area (Å²) in [4.78, 5) is 38.0. The number of nitrogens with one attached hydrogen (secondary N) is 2. The topological polar surface area (TPSA) is 81.8 Å². The SMILES string of the molecule is O=C(c1c[nH]c(=O)c2ccccc12)N1CCC[C@H]1c1nc2ccccc2[nH]1. The second-order valence-electron chi connectivity index (χ2n) is 6.87. The van der Waals surface area contributed by atoms with E-state index in [0.29, 0.717) is 22.9 Å². The lowest BCUT2D eigenvalue weighted by atomic mass is 10.1. The number of amides is 1. The van der Waals surface area contributed by atoms with Gasteiger partial charge in [0.15, 0.2) is 0 Å². The molecule has 0 bridgehead atoms. The minimum Gasteiger partial charge on any atom is -0.340 e. The summed E-state index contributed by atoms with van der Waals surface area (Å²) in [6.07, 6.45) is 3.32. The van der Waals surface area contributed by atoms with Crippen molar-refractivity contribution in [2.24, 2.45) is 0 Å². The highest BCUT2D eigenvalue weighted by atomic mass is 16.2. The second kappa shape index (κ2) is 6.09. The van der Waals surface area contributed by atoms with Crippen LogP contribution in [0.2, 0.25) is 0 Å². The first-order valence-electron chi connectivity index (χ1n) is 9.08. The summed E-state index contributed by atoms with van der Waals surface area (Å²) in [7, 11) is 0. The van der Waals surface area contributed by atoms with Crippen molar-refractivity contribution < 1.29 is 4.79 Å². The lowest BCUT2D eigenvalue weighted by Gasteiger charge is -2.23. The molecule has 27 heavy (non-hydrogen) atoms. The number of hydrogen-bond donors (Lipinski definition) is 2. The summed E-state index contributed by atoms with van der Waals surface area (Å²) in [5, 5.41) is 1.21. The van der Waals surface area contributed by atoms with Crippen LogP contribution in [-0.4, -0.2) is 32.3 Å². The molecule has 2 aromatic heterocycles. The van der Waals surface area contributed by atoms with E-state index in [1.165, 1.54) is 6.20 Å². The number of hydrogen-bond acceptors (Lipinski definition) is 3. The zero-order valence-electron chi connectivity index (χ0n) is 14.6. The fraction of sp³-hybridized carbons (Fsp3) is 0.190. The van der Waals surface area contributed by atoms with E-state index < -0.39 is 0 Å². The van der Waals surface area contributed by atoms with Crippen molar-refractivity contribution in [1.82, 2.24) is 19.9 Å². The first kappa shape index (κ1) is 15.8. The molecular formula is C21H18N4O2. The molecule has 1 saturated heterocycles. The predicted octanol–water partition coefficient (Wildman–Crippen LogP) is 3.38. The van der Waals surface area contributed by atoms with Crippen LogP contribution in [0.4, 0.5) is 0 Å². The Kier molecular flexibility index (Phi) is 3.57. The third-order valence-corrected chi connectivity index (χ3v) is 5.28. The predicted molar refractivity (Wildman–Crippen MR) is 104 cm³/mol. The van der Waals surface area contributed by atoms with Gasteiger partial charge < -0.3 is 14.9 Å². The maximum atomic E-state index is 13.3. The van der Waals surface area contributed by atoms with Crippen LogP contribution in [0.15, 0.2) is 59.5 Å². The molecule has 0 aliphatic carbocycles. The molecule has 1 fully saturated rings. The number of aromatic nitrogens is 3. The van der Waals surface area contributed by atoms with Crippen molar-refractivity contribution in [2.45, 2.75) is 18.9 Å². The van der Waals surface area contributed by atoms with Crippen molar-refractivity contribution in [3.63, 3.8) is 0 Å². The van der Waals surface area contributed by atoms with Gasteiger partial charge in [0, 0.05) is 23.5 Å². The Morgan fingerprint density at radius 1 is 1.07 bits per heavy atom. The molecule has 5 rings (SSSR count). The quantitative estimate of drug-likeness (QED) is 0.576. The van der Waals surface area contributed by atoms with Crippen molar-refractivity contribution >= 4 is 27.7 Å². The monoisotopic (exact) mass is 358 g/mol. The van der Waals surface area contributed by atoms with Gasteiger partial charge in [0.2, 0.25) is 0 Å². The van der Waals surface area contributed by atoms with Crippen molar-refractivity contribution in [3.05, 3.63) is 76.5 Å². The van der Waals surface area contributed by atoms with Gasteiger partial charge in [0.25, 0.3) is 11.5 Å². The van der Waals surface area contributed by atoms with Gasteiger partial charge in [-0.3, -0.25) is 9.59 Å². The molecule has 0 spiro atoms. The maximum Gasteiger partial charge on any atom is 0.256 e. The average Bonchev–Trinajstić information content (AvgIpc) is 3.34. The molecule has 2 aromatic carbocycles. The first-order valence-corrected chi connectivity index (χ1v) is 9.08. The van der Waals surface area contributed by atoms with E-state index in [0.717, 1.165) is 29.7 Å². The number of rotatable bonds is 2. The Morgan fingerprint density at radius 3 is 2.70 bits per heavy atom. The Labute approximate surface area is 154 Å². The molecule has 0 radical (unpaired) electrons. The fourth-order valence-corrected chi connectivity index (χ4v) is 3.97. The Bertz CT molecular complexity index is 1190. The largest absolute Gasteiger partial charge is 0.340 e. The van der Waals surface area contributed by atoms with Crippen LogP contribution < -0.4 is 5.56 Å². The van der Waals surface area contributed by atoms with Gasteiger partial charge in [0.05, 0.1) is 22.6 Å². The lowest BCUT2D eigenvalue weighted by molar-refractivity contribution is 0.0732. The number of nitrogens with zero attached hydrogens (tertiary/aromatic N) is 2. The van der Waals surface area contributed by atoms with E-state index in [1.54, 1.807) is 12.1 Å². The van der Waals surface area contributed by atoms with E-state index >= 15 is 0 Å². The number of pyridine rings is 1. The molecule has 2 N–H and O–H groups in total. The summed E-state index contributed by atoms with van der Waals surface area (Å²) < 4.78 is 0. The molecule has 1 aliphatic rings. The number of para-hydroxylation sites is 2. The summed E-state index contributed by atoms with van der Waals surface area (Å²) in [5.41, 5.74) is 2.22. The number of carbonyl (C=O) groups excluding carboxylic acids is 1. The molecule has 1 atom stereocenters. The van der Waals surface area contributed by atoms with Crippen molar-refractivity contribution in [2.75, 3.05) is 6.54 Å². The summed E-state index contributed by atoms with van der Waals surface area (Å²) >= 11 is 0. The van der Waals surface area contributed by atoms with Gasteiger partial charge in [-0.15, -0.1) is 0 Å². The summed E-state index contributed by atoms with van der Waals surface area (Å²) in [6.45, 7) is 0.675. The zero-order chi connectivity index (χ0) is 18.4.